The number of aromatic nitrogens is 1. The minimum Gasteiger partial charge on any atom is -0.372 e. The van der Waals surface area contributed by atoms with Crippen molar-refractivity contribution in [2.75, 3.05) is 43.4 Å². The Labute approximate surface area is 197 Å². The molecule has 0 aliphatic carbocycles. The topological polar surface area (TPSA) is 53.0 Å². The van der Waals surface area contributed by atoms with Gasteiger partial charge in [0.15, 0.2) is 5.96 Å². The van der Waals surface area contributed by atoms with Crippen LogP contribution in [0.1, 0.15) is 40.2 Å². The molecule has 2 aliphatic rings. The monoisotopic (exact) mass is 533 g/mol. The van der Waals surface area contributed by atoms with Crippen molar-refractivity contribution in [2.24, 2.45) is 4.99 Å². The van der Waals surface area contributed by atoms with E-state index in [4.69, 9.17) is 14.7 Å². The van der Waals surface area contributed by atoms with Crippen molar-refractivity contribution in [2.45, 2.75) is 58.1 Å². The number of anilines is 1. The van der Waals surface area contributed by atoms with Crippen LogP contribution in [0, 0.1) is 0 Å². The van der Waals surface area contributed by atoms with Gasteiger partial charge in [-0.3, -0.25) is 0 Å². The van der Waals surface area contributed by atoms with Crippen LogP contribution in [0.15, 0.2) is 23.3 Å². The molecule has 0 amide bonds. The number of guanidine groups is 1. The molecule has 164 valence electrons. The molecule has 0 bridgehead atoms. The second-order valence-corrected chi connectivity index (χ2v) is 10.2. The van der Waals surface area contributed by atoms with E-state index in [1.165, 1.54) is 0 Å². The first-order valence-electron chi connectivity index (χ1n) is 10.4. The summed E-state index contributed by atoms with van der Waals surface area (Å²) >= 11 is 2.04. The van der Waals surface area contributed by atoms with Crippen molar-refractivity contribution < 1.29 is 4.74 Å². The maximum Gasteiger partial charge on any atom is 0.194 e. The normalized spacial score (nSPS) is 24.8. The van der Waals surface area contributed by atoms with E-state index in [1.54, 1.807) is 0 Å². The van der Waals surface area contributed by atoms with Crippen LogP contribution in [0.25, 0.3) is 0 Å². The number of hydrogen-bond donors (Lipinski definition) is 1. The van der Waals surface area contributed by atoms with E-state index in [2.05, 4.69) is 61.9 Å². The van der Waals surface area contributed by atoms with Gasteiger partial charge in [-0.15, -0.1) is 24.0 Å². The van der Waals surface area contributed by atoms with Gasteiger partial charge in [-0.2, -0.15) is 11.8 Å². The predicted octanol–water partition coefficient (Wildman–Crippen LogP) is 3.61. The third-order valence-corrected chi connectivity index (χ3v) is 6.32. The number of morpholine rings is 1. The highest BCUT2D eigenvalue weighted by atomic mass is 127. The standard InChI is InChI=1S/C21H35N5OS.HI/c1-6-22-20(25-9-10-28-21(4,5)15-25)24-12-18-7-8-19(23-11-18)26-13-16(2)27-17(3)14-26;/h7-8,11,16-17H,6,9-10,12-15H2,1-5H3,(H,22,24);1H. The predicted molar refractivity (Wildman–Crippen MR) is 135 cm³/mol. The van der Waals surface area contributed by atoms with E-state index in [0.717, 1.165) is 55.8 Å². The van der Waals surface area contributed by atoms with Gasteiger partial charge in [-0.1, -0.05) is 6.07 Å². The zero-order chi connectivity index (χ0) is 20.1. The molecule has 2 atom stereocenters. The van der Waals surface area contributed by atoms with Crippen LogP contribution >= 0.6 is 35.7 Å². The Bertz CT molecular complexity index is 660. The summed E-state index contributed by atoms with van der Waals surface area (Å²) in [6.45, 7) is 16.4. The van der Waals surface area contributed by atoms with Gasteiger partial charge in [0.25, 0.3) is 0 Å². The fourth-order valence-electron chi connectivity index (χ4n) is 3.85. The molecule has 3 rings (SSSR count). The number of nitrogens with one attached hydrogen (secondary N) is 1. The number of halogens is 1. The Morgan fingerprint density at radius 1 is 1.31 bits per heavy atom. The third-order valence-electron chi connectivity index (χ3n) is 5.02. The minimum absolute atomic E-state index is 0. The molecule has 1 N–H and O–H groups in total. The van der Waals surface area contributed by atoms with Crippen molar-refractivity contribution in [3.8, 4) is 0 Å². The van der Waals surface area contributed by atoms with Gasteiger partial charge in [0.05, 0.1) is 18.8 Å². The molecule has 0 spiro atoms. The zero-order valence-electron chi connectivity index (χ0n) is 18.4. The molecule has 2 fully saturated rings. The van der Waals surface area contributed by atoms with Gasteiger partial charge in [0.1, 0.15) is 5.82 Å². The lowest BCUT2D eigenvalue weighted by Gasteiger charge is -2.39. The van der Waals surface area contributed by atoms with Crippen LogP contribution in [0.3, 0.4) is 0 Å². The molecular formula is C21H36IN5OS. The molecule has 0 radical (unpaired) electrons. The molecule has 3 heterocycles. The van der Waals surface area contributed by atoms with Crippen molar-refractivity contribution in [3.63, 3.8) is 0 Å². The van der Waals surface area contributed by atoms with E-state index in [0.29, 0.717) is 6.54 Å². The van der Waals surface area contributed by atoms with Gasteiger partial charge >= 0.3 is 0 Å². The van der Waals surface area contributed by atoms with Crippen LogP contribution in [0.2, 0.25) is 0 Å². The number of hydrogen-bond acceptors (Lipinski definition) is 5. The van der Waals surface area contributed by atoms with E-state index in [1.807, 2.05) is 18.0 Å². The molecule has 6 nitrogen and oxygen atoms in total. The van der Waals surface area contributed by atoms with Crippen LogP contribution < -0.4 is 10.2 Å². The lowest BCUT2D eigenvalue weighted by molar-refractivity contribution is -0.00545. The smallest absolute Gasteiger partial charge is 0.194 e. The number of ether oxygens (including phenoxy) is 1. The maximum atomic E-state index is 5.82. The van der Waals surface area contributed by atoms with Gasteiger partial charge in [-0.25, -0.2) is 9.98 Å². The molecule has 29 heavy (non-hydrogen) atoms. The largest absolute Gasteiger partial charge is 0.372 e. The SMILES string of the molecule is CCNC(=NCc1ccc(N2CC(C)OC(C)C2)nc1)N1CCSC(C)(C)C1.I. The molecule has 1 aromatic heterocycles. The molecule has 1 aromatic rings. The van der Waals surface area contributed by atoms with E-state index < -0.39 is 0 Å². The molecule has 2 aliphatic heterocycles. The van der Waals surface area contributed by atoms with Gasteiger partial charge in [0, 0.05) is 49.4 Å². The van der Waals surface area contributed by atoms with E-state index in [9.17, 15) is 0 Å². The lowest BCUT2D eigenvalue weighted by atomic mass is 10.2. The van der Waals surface area contributed by atoms with Crippen molar-refractivity contribution in [3.05, 3.63) is 23.9 Å². The van der Waals surface area contributed by atoms with Crippen LogP contribution in [-0.4, -0.2) is 71.3 Å². The second-order valence-electron chi connectivity index (χ2n) is 8.39. The zero-order valence-corrected chi connectivity index (χ0v) is 21.5. The Morgan fingerprint density at radius 3 is 2.62 bits per heavy atom. The quantitative estimate of drug-likeness (QED) is 0.363. The van der Waals surface area contributed by atoms with Crippen molar-refractivity contribution in [1.29, 1.82) is 0 Å². The highest BCUT2D eigenvalue weighted by Gasteiger charge is 2.28. The summed E-state index contributed by atoms with van der Waals surface area (Å²) in [7, 11) is 0. The van der Waals surface area contributed by atoms with E-state index in [-0.39, 0.29) is 40.9 Å². The average Bonchev–Trinajstić information content (AvgIpc) is 2.64. The Hall–Kier alpha value is -0.740. The summed E-state index contributed by atoms with van der Waals surface area (Å²) in [6, 6.07) is 4.26. The summed E-state index contributed by atoms with van der Waals surface area (Å²) < 4.78 is 6.09. The summed E-state index contributed by atoms with van der Waals surface area (Å²) in [5, 5.41) is 3.46. The summed E-state index contributed by atoms with van der Waals surface area (Å²) in [6.07, 6.45) is 2.44. The minimum atomic E-state index is 0. The second kappa shape index (κ2) is 11.0. The van der Waals surface area contributed by atoms with Crippen molar-refractivity contribution in [1.82, 2.24) is 15.2 Å². The maximum absolute atomic E-state index is 5.82. The van der Waals surface area contributed by atoms with Crippen LogP contribution in [0.5, 0.6) is 0 Å². The summed E-state index contributed by atoms with van der Waals surface area (Å²) in [5.41, 5.74) is 1.14. The third kappa shape index (κ3) is 7.17. The molecule has 0 saturated carbocycles. The summed E-state index contributed by atoms with van der Waals surface area (Å²) in [5.74, 6) is 3.18. The molecule has 2 saturated heterocycles. The fourth-order valence-corrected chi connectivity index (χ4v) is 4.96. The Balaban J connectivity index is 0.00000300. The van der Waals surface area contributed by atoms with Crippen molar-refractivity contribution >= 4 is 47.5 Å². The number of pyridine rings is 1. The number of aliphatic imine (C=N–C) groups is 1. The van der Waals surface area contributed by atoms with Gasteiger partial charge < -0.3 is 19.9 Å². The number of rotatable bonds is 4. The molecular weight excluding hydrogens is 497 g/mol. The molecule has 8 heteroatoms. The molecule has 2 unspecified atom stereocenters. The first kappa shape index (κ1) is 24.5. The fraction of sp³-hybridized carbons (Fsp3) is 0.714. The summed E-state index contributed by atoms with van der Waals surface area (Å²) in [4.78, 5) is 14.3. The Morgan fingerprint density at radius 2 is 2.03 bits per heavy atom. The first-order valence-corrected chi connectivity index (χ1v) is 11.4. The van der Waals surface area contributed by atoms with Crippen LogP contribution in [0.4, 0.5) is 5.82 Å². The highest BCUT2D eigenvalue weighted by molar-refractivity contribution is 14.0. The first-order chi connectivity index (χ1) is 13.4. The van der Waals surface area contributed by atoms with E-state index >= 15 is 0 Å². The lowest BCUT2D eigenvalue weighted by Crippen LogP contribution is -2.50. The van der Waals surface area contributed by atoms with Crippen LogP contribution in [-0.2, 0) is 11.3 Å². The number of thioether (sulfide) groups is 1. The van der Waals surface area contributed by atoms with Gasteiger partial charge in [0.2, 0.25) is 0 Å². The molecule has 0 aromatic carbocycles. The van der Waals surface area contributed by atoms with Gasteiger partial charge in [-0.05, 0) is 46.2 Å². The average molecular weight is 534 g/mol. The highest BCUT2D eigenvalue weighted by Crippen LogP contribution is 2.29. The Kier molecular flexibility index (Phi) is 9.34. The number of nitrogens with zero attached hydrogens (tertiary/aromatic N) is 4.